The number of nitrogens with zero attached hydrogens (tertiary/aromatic N) is 2. The van der Waals surface area contributed by atoms with Crippen LogP contribution in [0.25, 0.3) is 0 Å². The van der Waals surface area contributed by atoms with Crippen LogP contribution in [0.2, 0.25) is 0 Å². The third-order valence-corrected chi connectivity index (χ3v) is 5.81. The Bertz CT molecular complexity index is 777. The molecule has 0 saturated heterocycles. The van der Waals surface area contributed by atoms with Gasteiger partial charge in [0, 0.05) is 38.1 Å². The van der Waals surface area contributed by atoms with Crippen LogP contribution in [0.3, 0.4) is 0 Å². The lowest BCUT2D eigenvalue weighted by molar-refractivity contribution is 0.213. The third kappa shape index (κ3) is 5.62. The average molecular weight is 403 g/mol. The van der Waals surface area contributed by atoms with Gasteiger partial charge < -0.3 is 20.1 Å². The lowest BCUT2D eigenvalue weighted by atomic mass is 10.1. The van der Waals surface area contributed by atoms with E-state index in [1.165, 1.54) is 5.56 Å². The molecule has 0 saturated carbocycles. The van der Waals surface area contributed by atoms with Gasteiger partial charge in [-0.05, 0) is 42.5 Å². The van der Waals surface area contributed by atoms with Gasteiger partial charge in [-0.1, -0.05) is 12.1 Å². The maximum Gasteiger partial charge on any atom is 0.191 e. The highest BCUT2D eigenvalue weighted by molar-refractivity contribution is 7.10. The van der Waals surface area contributed by atoms with Crippen LogP contribution in [0, 0.1) is 0 Å². The summed E-state index contributed by atoms with van der Waals surface area (Å²) in [6.45, 7) is 6.73. The molecule has 0 amide bonds. The molecular formula is C21H30N4O2S. The Labute approximate surface area is 171 Å². The number of rotatable bonds is 8. The first-order chi connectivity index (χ1) is 13.7. The minimum absolute atomic E-state index is 0.0195. The maximum atomic E-state index is 5.98. The molecule has 28 heavy (non-hydrogen) atoms. The van der Waals surface area contributed by atoms with Crippen molar-refractivity contribution in [2.75, 3.05) is 40.3 Å². The largest absolute Gasteiger partial charge is 0.493 e. The molecule has 2 aromatic rings. The van der Waals surface area contributed by atoms with E-state index in [-0.39, 0.29) is 6.10 Å². The van der Waals surface area contributed by atoms with Gasteiger partial charge in [0.05, 0.1) is 13.7 Å². The number of fused-ring (bicyclic) bond motifs is 1. The number of thiophene rings is 1. The summed E-state index contributed by atoms with van der Waals surface area (Å²) in [5.41, 5.74) is 1.49. The van der Waals surface area contributed by atoms with Crippen LogP contribution in [-0.2, 0) is 13.0 Å². The van der Waals surface area contributed by atoms with Gasteiger partial charge in [0.2, 0.25) is 0 Å². The molecule has 0 radical (unpaired) electrons. The highest BCUT2D eigenvalue weighted by atomic mass is 32.1. The summed E-state index contributed by atoms with van der Waals surface area (Å²) < 4.78 is 11.3. The number of hydrogen-bond acceptors (Lipinski definition) is 5. The molecule has 2 N–H and O–H groups in total. The monoisotopic (exact) mass is 402 g/mol. The SMILES string of the molecule is CN=C(NCCN1CCc2sccc2C1)NCC(C)Oc1ccccc1OC. The second-order valence-electron chi connectivity index (χ2n) is 6.85. The van der Waals surface area contributed by atoms with Crippen molar-refractivity contribution in [1.29, 1.82) is 0 Å². The predicted octanol–water partition coefficient (Wildman–Crippen LogP) is 2.75. The molecule has 3 rings (SSSR count). The summed E-state index contributed by atoms with van der Waals surface area (Å²) in [7, 11) is 3.44. The first-order valence-corrected chi connectivity index (χ1v) is 10.6. The van der Waals surface area contributed by atoms with Crippen molar-refractivity contribution >= 4 is 17.3 Å². The molecule has 6 nitrogen and oxygen atoms in total. The summed E-state index contributed by atoms with van der Waals surface area (Å²) >= 11 is 1.88. The van der Waals surface area contributed by atoms with E-state index in [2.05, 4.69) is 32.0 Å². The van der Waals surface area contributed by atoms with Gasteiger partial charge in [-0.25, -0.2) is 0 Å². The first-order valence-electron chi connectivity index (χ1n) is 9.71. The predicted molar refractivity (Wildman–Crippen MR) is 116 cm³/mol. The van der Waals surface area contributed by atoms with Crippen molar-refractivity contribution < 1.29 is 9.47 Å². The van der Waals surface area contributed by atoms with E-state index in [0.29, 0.717) is 6.54 Å². The first kappa shape index (κ1) is 20.5. The summed E-state index contributed by atoms with van der Waals surface area (Å²) in [5.74, 6) is 2.29. The van der Waals surface area contributed by atoms with E-state index in [9.17, 15) is 0 Å². The number of para-hydroxylation sites is 2. The van der Waals surface area contributed by atoms with Gasteiger partial charge in [0.15, 0.2) is 17.5 Å². The van der Waals surface area contributed by atoms with Gasteiger partial charge >= 0.3 is 0 Å². The summed E-state index contributed by atoms with van der Waals surface area (Å²) in [6.07, 6.45) is 1.14. The van der Waals surface area contributed by atoms with E-state index in [1.807, 2.05) is 42.5 Å². The highest BCUT2D eigenvalue weighted by Crippen LogP contribution is 2.26. The van der Waals surface area contributed by atoms with Gasteiger partial charge in [0.25, 0.3) is 0 Å². The Balaban J connectivity index is 1.37. The number of nitrogens with one attached hydrogen (secondary N) is 2. The number of guanidine groups is 1. The molecule has 1 aromatic heterocycles. The lowest BCUT2D eigenvalue weighted by Gasteiger charge is -2.27. The fraction of sp³-hybridized carbons (Fsp3) is 0.476. The van der Waals surface area contributed by atoms with E-state index in [1.54, 1.807) is 19.0 Å². The van der Waals surface area contributed by atoms with Crippen molar-refractivity contribution in [2.45, 2.75) is 26.0 Å². The zero-order chi connectivity index (χ0) is 19.8. The van der Waals surface area contributed by atoms with Crippen LogP contribution in [0.1, 0.15) is 17.4 Å². The molecule has 0 aliphatic carbocycles. The van der Waals surface area contributed by atoms with E-state index in [4.69, 9.17) is 9.47 Å². The van der Waals surface area contributed by atoms with Crippen molar-refractivity contribution in [1.82, 2.24) is 15.5 Å². The standard InChI is InChI=1S/C21H30N4O2S/c1-16(27-19-7-5-4-6-18(19)26-3)14-24-21(22-2)23-10-12-25-11-8-20-17(15-25)9-13-28-20/h4-7,9,13,16H,8,10-12,14-15H2,1-3H3,(H2,22,23,24). The molecule has 0 bridgehead atoms. The number of aliphatic imine (C=N–C) groups is 1. The molecule has 1 aliphatic heterocycles. The fourth-order valence-corrected chi connectivity index (χ4v) is 4.16. The molecule has 1 atom stereocenters. The minimum atomic E-state index is -0.0195. The summed E-state index contributed by atoms with van der Waals surface area (Å²) in [6, 6.07) is 9.94. The average Bonchev–Trinajstić information content (AvgIpc) is 3.19. The molecular weight excluding hydrogens is 372 g/mol. The van der Waals surface area contributed by atoms with Crippen LogP contribution < -0.4 is 20.1 Å². The number of ether oxygens (including phenoxy) is 2. The molecule has 0 spiro atoms. The van der Waals surface area contributed by atoms with Crippen LogP contribution in [0.4, 0.5) is 0 Å². The van der Waals surface area contributed by atoms with Crippen molar-refractivity contribution in [3.63, 3.8) is 0 Å². The van der Waals surface area contributed by atoms with Gasteiger partial charge in [-0.2, -0.15) is 0 Å². The zero-order valence-electron chi connectivity index (χ0n) is 16.9. The Morgan fingerprint density at radius 1 is 1.25 bits per heavy atom. The lowest BCUT2D eigenvalue weighted by Crippen LogP contribution is -2.44. The number of hydrogen-bond donors (Lipinski definition) is 2. The van der Waals surface area contributed by atoms with Crippen molar-refractivity contribution in [3.05, 3.63) is 46.2 Å². The molecule has 1 unspecified atom stereocenters. The van der Waals surface area contributed by atoms with Gasteiger partial charge in [0.1, 0.15) is 6.10 Å². The Morgan fingerprint density at radius 2 is 2.07 bits per heavy atom. The van der Waals surface area contributed by atoms with E-state index < -0.39 is 0 Å². The Morgan fingerprint density at radius 3 is 2.86 bits per heavy atom. The van der Waals surface area contributed by atoms with Crippen LogP contribution in [-0.4, -0.2) is 57.3 Å². The number of methoxy groups -OCH3 is 1. The highest BCUT2D eigenvalue weighted by Gasteiger charge is 2.16. The van der Waals surface area contributed by atoms with E-state index >= 15 is 0 Å². The van der Waals surface area contributed by atoms with Crippen LogP contribution >= 0.6 is 11.3 Å². The molecule has 2 heterocycles. The third-order valence-electron chi connectivity index (χ3n) is 4.79. The second kappa shape index (κ2) is 10.3. The van der Waals surface area contributed by atoms with Crippen molar-refractivity contribution in [2.24, 2.45) is 4.99 Å². The topological polar surface area (TPSA) is 58.1 Å². The maximum absolute atomic E-state index is 5.98. The zero-order valence-corrected chi connectivity index (χ0v) is 17.7. The van der Waals surface area contributed by atoms with Crippen LogP contribution in [0.15, 0.2) is 40.7 Å². The quantitative estimate of drug-likeness (QED) is 0.525. The smallest absolute Gasteiger partial charge is 0.191 e. The van der Waals surface area contributed by atoms with E-state index in [0.717, 1.165) is 50.1 Å². The van der Waals surface area contributed by atoms with Gasteiger partial charge in [-0.3, -0.25) is 9.89 Å². The molecule has 0 fully saturated rings. The minimum Gasteiger partial charge on any atom is -0.493 e. The molecule has 7 heteroatoms. The van der Waals surface area contributed by atoms with Crippen LogP contribution in [0.5, 0.6) is 11.5 Å². The number of benzene rings is 1. The Hall–Kier alpha value is -2.25. The summed E-state index contributed by atoms with van der Waals surface area (Å²) in [4.78, 5) is 8.34. The second-order valence-corrected chi connectivity index (χ2v) is 7.86. The molecule has 152 valence electrons. The normalized spacial score (nSPS) is 15.6. The molecule has 1 aliphatic rings. The van der Waals surface area contributed by atoms with Crippen molar-refractivity contribution in [3.8, 4) is 11.5 Å². The fourth-order valence-electron chi connectivity index (χ4n) is 3.27. The van der Waals surface area contributed by atoms with Gasteiger partial charge in [-0.15, -0.1) is 11.3 Å². The summed E-state index contributed by atoms with van der Waals surface area (Å²) in [5, 5.41) is 8.93. The Kier molecular flexibility index (Phi) is 7.56. The molecule has 1 aromatic carbocycles.